The van der Waals surface area contributed by atoms with Crippen molar-refractivity contribution >= 4 is 22.7 Å². The summed E-state index contributed by atoms with van der Waals surface area (Å²) in [6, 6.07) is 17.3. The molecule has 1 saturated heterocycles. The smallest absolute Gasteiger partial charge is 0.250 e. The van der Waals surface area contributed by atoms with Crippen LogP contribution in [-0.2, 0) is 11.2 Å². The van der Waals surface area contributed by atoms with Crippen LogP contribution in [-0.4, -0.2) is 41.9 Å². The van der Waals surface area contributed by atoms with E-state index in [0.29, 0.717) is 30.6 Å². The van der Waals surface area contributed by atoms with Crippen molar-refractivity contribution < 1.29 is 14.3 Å². The maximum Gasteiger partial charge on any atom is 0.250 e. The first kappa shape index (κ1) is 20.8. The molecule has 2 amide bonds. The lowest BCUT2D eigenvalue weighted by Crippen LogP contribution is -2.40. The van der Waals surface area contributed by atoms with Gasteiger partial charge in [0.05, 0.1) is 23.9 Å². The third-order valence-corrected chi connectivity index (χ3v) is 5.97. The zero-order chi connectivity index (χ0) is 21.8. The number of carbonyl (C=O) groups is 2. The SMILES string of the molecule is COc1ccc(CCC(=O)N2CCC[C@@H](c3nc4ccccc4cc3C(N)=O)C2)cc1. The van der Waals surface area contributed by atoms with Gasteiger partial charge in [0.1, 0.15) is 5.75 Å². The fraction of sp³-hybridized carbons (Fsp3) is 0.320. The molecule has 0 saturated carbocycles. The van der Waals surface area contributed by atoms with Crippen molar-refractivity contribution in [3.63, 3.8) is 0 Å². The summed E-state index contributed by atoms with van der Waals surface area (Å²) in [5, 5.41) is 0.892. The van der Waals surface area contributed by atoms with Gasteiger partial charge in [0.2, 0.25) is 5.91 Å². The Hall–Kier alpha value is -3.41. The molecule has 0 aliphatic carbocycles. The molecule has 4 rings (SSSR count). The van der Waals surface area contributed by atoms with Crippen LogP contribution >= 0.6 is 0 Å². The van der Waals surface area contributed by atoms with Gasteiger partial charge in [-0.05, 0) is 49.1 Å². The quantitative estimate of drug-likeness (QED) is 0.663. The summed E-state index contributed by atoms with van der Waals surface area (Å²) < 4.78 is 5.18. The number of para-hydroxylation sites is 1. The molecule has 1 atom stereocenters. The lowest BCUT2D eigenvalue weighted by molar-refractivity contribution is -0.132. The number of fused-ring (bicyclic) bond motifs is 1. The number of amides is 2. The van der Waals surface area contributed by atoms with Crippen LogP contribution in [0.5, 0.6) is 5.75 Å². The highest BCUT2D eigenvalue weighted by atomic mass is 16.5. The summed E-state index contributed by atoms with van der Waals surface area (Å²) in [4.78, 5) is 31.7. The Morgan fingerprint density at radius 1 is 1.16 bits per heavy atom. The maximum absolute atomic E-state index is 12.9. The number of piperidine rings is 1. The van der Waals surface area contributed by atoms with Gasteiger partial charge in [-0.1, -0.05) is 30.3 Å². The van der Waals surface area contributed by atoms with Crippen LogP contribution in [0.15, 0.2) is 54.6 Å². The van der Waals surface area contributed by atoms with Gasteiger partial charge in [-0.3, -0.25) is 14.6 Å². The van der Waals surface area contributed by atoms with Gasteiger partial charge in [0.25, 0.3) is 5.91 Å². The van der Waals surface area contributed by atoms with Gasteiger partial charge >= 0.3 is 0 Å². The topological polar surface area (TPSA) is 85.5 Å². The van der Waals surface area contributed by atoms with Gasteiger partial charge in [-0.25, -0.2) is 0 Å². The van der Waals surface area contributed by atoms with E-state index in [2.05, 4.69) is 0 Å². The predicted molar refractivity (Wildman–Crippen MR) is 120 cm³/mol. The molecule has 1 aromatic heterocycles. The average molecular weight is 418 g/mol. The van der Waals surface area contributed by atoms with Crippen LogP contribution in [0.2, 0.25) is 0 Å². The maximum atomic E-state index is 12.9. The Balaban J connectivity index is 1.48. The number of hydrogen-bond donors (Lipinski definition) is 1. The highest BCUT2D eigenvalue weighted by molar-refractivity contribution is 5.97. The van der Waals surface area contributed by atoms with Crippen molar-refractivity contribution in [2.75, 3.05) is 20.2 Å². The van der Waals surface area contributed by atoms with Crippen LogP contribution < -0.4 is 10.5 Å². The Morgan fingerprint density at radius 3 is 2.68 bits per heavy atom. The van der Waals surface area contributed by atoms with Crippen molar-refractivity contribution in [1.82, 2.24) is 9.88 Å². The van der Waals surface area contributed by atoms with Gasteiger partial charge in [-0.2, -0.15) is 0 Å². The molecule has 6 nitrogen and oxygen atoms in total. The van der Waals surface area contributed by atoms with E-state index in [-0.39, 0.29) is 11.8 Å². The summed E-state index contributed by atoms with van der Waals surface area (Å²) in [6.45, 7) is 1.30. The minimum Gasteiger partial charge on any atom is -0.497 e. The molecule has 160 valence electrons. The van der Waals surface area contributed by atoms with Crippen molar-refractivity contribution in [3.05, 3.63) is 71.4 Å². The van der Waals surface area contributed by atoms with Gasteiger partial charge in [-0.15, -0.1) is 0 Å². The van der Waals surface area contributed by atoms with E-state index in [1.165, 1.54) is 0 Å². The molecular formula is C25H27N3O3. The Labute approximate surface area is 182 Å². The lowest BCUT2D eigenvalue weighted by atomic mass is 9.90. The molecule has 1 fully saturated rings. The molecule has 0 radical (unpaired) electrons. The minimum atomic E-state index is -0.476. The van der Waals surface area contributed by atoms with Gasteiger partial charge in [0, 0.05) is 30.8 Å². The van der Waals surface area contributed by atoms with Crippen molar-refractivity contribution in [2.24, 2.45) is 5.73 Å². The molecule has 0 unspecified atom stereocenters. The van der Waals surface area contributed by atoms with Crippen LogP contribution in [0.3, 0.4) is 0 Å². The third kappa shape index (κ3) is 4.68. The monoisotopic (exact) mass is 417 g/mol. The number of primary amides is 1. The van der Waals surface area contributed by atoms with Crippen molar-refractivity contribution in [3.8, 4) is 5.75 Å². The fourth-order valence-corrected chi connectivity index (χ4v) is 4.27. The Bertz CT molecular complexity index is 1090. The van der Waals surface area contributed by atoms with E-state index in [1.54, 1.807) is 7.11 Å². The molecule has 2 aromatic carbocycles. The zero-order valence-electron chi connectivity index (χ0n) is 17.7. The highest BCUT2D eigenvalue weighted by Crippen LogP contribution is 2.30. The summed E-state index contributed by atoms with van der Waals surface area (Å²) >= 11 is 0. The summed E-state index contributed by atoms with van der Waals surface area (Å²) in [6.07, 6.45) is 2.90. The third-order valence-electron chi connectivity index (χ3n) is 5.97. The first-order chi connectivity index (χ1) is 15.0. The molecule has 6 heteroatoms. The van der Waals surface area contributed by atoms with Crippen LogP contribution in [0, 0.1) is 0 Å². The second kappa shape index (κ2) is 9.16. The fourth-order valence-electron chi connectivity index (χ4n) is 4.27. The van der Waals surface area contributed by atoms with Crippen LogP contribution in [0.4, 0.5) is 0 Å². The number of nitrogens with two attached hydrogens (primary N) is 1. The Kier molecular flexibility index (Phi) is 6.16. The molecule has 1 aliphatic rings. The van der Waals surface area contributed by atoms with E-state index in [9.17, 15) is 9.59 Å². The number of aromatic nitrogens is 1. The molecule has 0 bridgehead atoms. The number of pyridine rings is 1. The van der Waals surface area contributed by atoms with Crippen LogP contribution in [0.1, 0.15) is 46.8 Å². The number of hydrogen-bond acceptors (Lipinski definition) is 4. The number of methoxy groups -OCH3 is 1. The molecule has 31 heavy (non-hydrogen) atoms. The van der Waals surface area contributed by atoms with Gasteiger partial charge < -0.3 is 15.4 Å². The van der Waals surface area contributed by atoms with E-state index >= 15 is 0 Å². The normalized spacial score (nSPS) is 16.3. The number of aryl methyl sites for hydroxylation is 1. The Morgan fingerprint density at radius 2 is 1.94 bits per heavy atom. The number of benzene rings is 2. The molecule has 2 heterocycles. The predicted octanol–water partition coefficient (Wildman–Crippen LogP) is 3.68. The second-order valence-electron chi connectivity index (χ2n) is 8.01. The van der Waals surface area contributed by atoms with Crippen LogP contribution in [0.25, 0.3) is 10.9 Å². The molecular weight excluding hydrogens is 390 g/mol. The van der Waals surface area contributed by atoms with Crippen molar-refractivity contribution in [2.45, 2.75) is 31.6 Å². The van der Waals surface area contributed by atoms with Crippen molar-refractivity contribution in [1.29, 1.82) is 0 Å². The molecule has 1 aliphatic heterocycles. The number of carbonyl (C=O) groups excluding carboxylic acids is 2. The van der Waals surface area contributed by atoms with E-state index in [1.807, 2.05) is 59.5 Å². The number of nitrogens with zero attached hydrogens (tertiary/aromatic N) is 2. The summed E-state index contributed by atoms with van der Waals surface area (Å²) in [5.41, 5.74) is 8.78. The molecule has 3 aromatic rings. The second-order valence-corrected chi connectivity index (χ2v) is 8.01. The summed E-state index contributed by atoms with van der Waals surface area (Å²) in [7, 11) is 1.64. The largest absolute Gasteiger partial charge is 0.497 e. The standard InChI is InChI=1S/C25H27N3O3/c1-31-20-11-8-17(9-12-20)10-13-23(29)28-14-4-6-19(16-28)24-21(25(26)30)15-18-5-2-3-7-22(18)27-24/h2-3,5,7-9,11-12,15,19H,4,6,10,13-14,16H2,1H3,(H2,26,30)/t19-/m1/s1. The first-order valence-electron chi connectivity index (χ1n) is 10.7. The summed E-state index contributed by atoms with van der Waals surface area (Å²) in [5.74, 6) is 0.464. The zero-order valence-corrected chi connectivity index (χ0v) is 17.7. The van der Waals surface area contributed by atoms with E-state index in [4.69, 9.17) is 15.5 Å². The highest BCUT2D eigenvalue weighted by Gasteiger charge is 2.28. The average Bonchev–Trinajstić information content (AvgIpc) is 2.82. The molecule has 2 N–H and O–H groups in total. The number of rotatable bonds is 6. The minimum absolute atomic E-state index is 0.00536. The molecule has 0 spiro atoms. The number of likely N-dealkylation sites (tertiary alicyclic amines) is 1. The van der Waals surface area contributed by atoms with E-state index < -0.39 is 5.91 Å². The van der Waals surface area contributed by atoms with E-state index in [0.717, 1.165) is 41.6 Å². The number of ether oxygens (including phenoxy) is 1. The lowest BCUT2D eigenvalue weighted by Gasteiger charge is -2.33. The first-order valence-corrected chi connectivity index (χ1v) is 10.7. The van der Waals surface area contributed by atoms with Gasteiger partial charge in [0.15, 0.2) is 0 Å².